The maximum absolute atomic E-state index is 11.9. The summed E-state index contributed by atoms with van der Waals surface area (Å²) in [5, 5.41) is 5.56. The number of aromatic nitrogens is 5. The van der Waals surface area contributed by atoms with E-state index < -0.39 is 0 Å². The van der Waals surface area contributed by atoms with Gasteiger partial charge in [0.2, 0.25) is 5.91 Å². The van der Waals surface area contributed by atoms with Crippen LogP contribution in [0.25, 0.3) is 11.0 Å². The van der Waals surface area contributed by atoms with Gasteiger partial charge in [-0.3, -0.25) is 9.48 Å². The smallest absolute Gasteiger partial charge is 0.227 e. The Morgan fingerprint density at radius 2 is 2.20 bits per heavy atom. The molecule has 0 spiro atoms. The molecule has 3 aromatic heterocycles. The molecule has 5 rings (SSSR count). The van der Waals surface area contributed by atoms with Gasteiger partial charge in [-0.2, -0.15) is 5.10 Å². The fourth-order valence-corrected chi connectivity index (χ4v) is 3.85. The van der Waals surface area contributed by atoms with Gasteiger partial charge in [0.1, 0.15) is 17.8 Å². The molecule has 1 N–H and O–H groups in total. The first-order valence-corrected chi connectivity index (χ1v) is 8.67. The quantitative estimate of drug-likeness (QED) is 0.787. The highest BCUT2D eigenvalue weighted by molar-refractivity contribution is 5.95. The van der Waals surface area contributed by atoms with Crippen LogP contribution in [0.2, 0.25) is 0 Å². The molecule has 8 nitrogen and oxygen atoms in total. The van der Waals surface area contributed by atoms with E-state index in [1.165, 1.54) is 0 Å². The third-order valence-electron chi connectivity index (χ3n) is 5.14. The Balaban J connectivity index is 1.36. The van der Waals surface area contributed by atoms with Crippen LogP contribution in [0.3, 0.4) is 0 Å². The van der Waals surface area contributed by atoms with E-state index in [1.54, 1.807) is 12.5 Å². The third-order valence-corrected chi connectivity index (χ3v) is 5.14. The zero-order chi connectivity index (χ0) is 16.8. The molecule has 8 heteroatoms. The van der Waals surface area contributed by atoms with Gasteiger partial charge < -0.3 is 14.8 Å². The Morgan fingerprint density at radius 1 is 1.24 bits per heavy atom. The molecule has 0 aromatic carbocycles. The lowest BCUT2D eigenvalue weighted by molar-refractivity contribution is -0.117. The van der Waals surface area contributed by atoms with Gasteiger partial charge in [0.05, 0.1) is 23.3 Å². The number of hydrogen-bond acceptors (Lipinski definition) is 5. The SMILES string of the molecule is O=C1CCCN1c1cnn(C2CCN(c3ncnc4[nH]ccc34)C2)c1. The molecule has 3 aromatic rings. The Labute approximate surface area is 144 Å². The van der Waals surface area contributed by atoms with Gasteiger partial charge in [-0.25, -0.2) is 9.97 Å². The second kappa shape index (κ2) is 5.58. The highest BCUT2D eigenvalue weighted by Crippen LogP contribution is 2.30. The second-order valence-electron chi connectivity index (χ2n) is 6.65. The summed E-state index contributed by atoms with van der Waals surface area (Å²) in [4.78, 5) is 27.9. The number of carbonyl (C=O) groups is 1. The number of amides is 1. The molecule has 0 bridgehead atoms. The molecule has 0 radical (unpaired) electrons. The number of H-pyrrole nitrogens is 1. The molecule has 2 fully saturated rings. The predicted octanol–water partition coefficient (Wildman–Crippen LogP) is 1.73. The van der Waals surface area contributed by atoms with Crippen molar-refractivity contribution in [2.45, 2.75) is 25.3 Å². The van der Waals surface area contributed by atoms with Gasteiger partial charge in [-0.1, -0.05) is 0 Å². The summed E-state index contributed by atoms with van der Waals surface area (Å²) in [6.45, 7) is 2.58. The first-order valence-electron chi connectivity index (χ1n) is 8.67. The van der Waals surface area contributed by atoms with Crippen LogP contribution < -0.4 is 9.80 Å². The van der Waals surface area contributed by atoms with Gasteiger partial charge in [0.25, 0.3) is 0 Å². The fraction of sp³-hybridized carbons (Fsp3) is 0.412. The van der Waals surface area contributed by atoms with Crippen LogP contribution >= 0.6 is 0 Å². The summed E-state index contributed by atoms with van der Waals surface area (Å²) in [7, 11) is 0. The first kappa shape index (κ1) is 14.4. The average Bonchev–Trinajstić information content (AvgIpc) is 3.39. The lowest BCUT2D eigenvalue weighted by Crippen LogP contribution is -2.23. The van der Waals surface area contributed by atoms with Crippen LogP contribution in [-0.2, 0) is 4.79 Å². The van der Waals surface area contributed by atoms with Crippen molar-refractivity contribution >= 4 is 28.4 Å². The molecule has 2 aliphatic rings. The summed E-state index contributed by atoms with van der Waals surface area (Å²) in [6.07, 6.45) is 9.88. The molecule has 0 saturated carbocycles. The van der Waals surface area contributed by atoms with E-state index in [-0.39, 0.29) is 11.9 Å². The average molecular weight is 337 g/mol. The van der Waals surface area contributed by atoms with Gasteiger partial charge in [0.15, 0.2) is 0 Å². The van der Waals surface area contributed by atoms with Crippen LogP contribution in [0, 0.1) is 0 Å². The Kier molecular flexibility index (Phi) is 3.22. The summed E-state index contributed by atoms with van der Waals surface area (Å²) in [5.74, 6) is 1.17. The maximum atomic E-state index is 11.9. The standard InChI is InChI=1S/C17H19N7O/c25-15-2-1-6-23(15)13-8-21-24(10-13)12-4-7-22(9-12)17-14-3-5-18-16(14)19-11-20-17/h3,5,8,10-12H,1-2,4,6-7,9H2,(H,18,19,20). The molecule has 0 aliphatic carbocycles. The number of rotatable bonds is 3. The van der Waals surface area contributed by atoms with Crippen molar-refractivity contribution in [1.82, 2.24) is 24.7 Å². The minimum absolute atomic E-state index is 0.198. The summed E-state index contributed by atoms with van der Waals surface area (Å²) in [5.41, 5.74) is 1.78. The number of hydrogen-bond donors (Lipinski definition) is 1. The molecular formula is C17H19N7O. The van der Waals surface area contributed by atoms with Crippen LogP contribution in [0.1, 0.15) is 25.3 Å². The molecule has 25 heavy (non-hydrogen) atoms. The summed E-state index contributed by atoms with van der Waals surface area (Å²) >= 11 is 0. The monoisotopic (exact) mass is 337 g/mol. The van der Waals surface area contributed by atoms with E-state index >= 15 is 0 Å². The van der Waals surface area contributed by atoms with E-state index in [4.69, 9.17) is 0 Å². The zero-order valence-electron chi connectivity index (χ0n) is 13.8. The van der Waals surface area contributed by atoms with E-state index in [1.807, 2.05) is 28.0 Å². The van der Waals surface area contributed by atoms with Crippen LogP contribution in [0.15, 0.2) is 31.0 Å². The number of nitrogens with one attached hydrogen (secondary N) is 1. The first-order chi connectivity index (χ1) is 12.3. The number of aromatic amines is 1. The molecule has 1 atom stereocenters. The van der Waals surface area contributed by atoms with Gasteiger partial charge in [0, 0.05) is 38.4 Å². The molecule has 128 valence electrons. The van der Waals surface area contributed by atoms with Crippen LogP contribution in [0.4, 0.5) is 11.5 Å². The normalized spacial score (nSPS) is 21.0. The van der Waals surface area contributed by atoms with Crippen molar-refractivity contribution in [3.05, 3.63) is 31.0 Å². The van der Waals surface area contributed by atoms with Gasteiger partial charge in [-0.05, 0) is 18.9 Å². The van der Waals surface area contributed by atoms with E-state index in [2.05, 4.69) is 25.0 Å². The number of anilines is 2. The van der Waals surface area contributed by atoms with Crippen molar-refractivity contribution in [3.63, 3.8) is 0 Å². The highest BCUT2D eigenvalue weighted by atomic mass is 16.2. The number of nitrogens with zero attached hydrogens (tertiary/aromatic N) is 6. The second-order valence-corrected chi connectivity index (χ2v) is 6.65. The number of carbonyl (C=O) groups excluding carboxylic acids is 1. The predicted molar refractivity (Wildman–Crippen MR) is 93.6 cm³/mol. The van der Waals surface area contributed by atoms with Crippen molar-refractivity contribution in [2.24, 2.45) is 0 Å². The largest absolute Gasteiger partial charge is 0.354 e. The highest BCUT2D eigenvalue weighted by Gasteiger charge is 2.28. The van der Waals surface area contributed by atoms with Crippen LogP contribution in [-0.4, -0.2) is 50.3 Å². The lowest BCUT2D eigenvalue weighted by Gasteiger charge is -2.18. The Morgan fingerprint density at radius 3 is 3.08 bits per heavy atom. The molecule has 1 unspecified atom stereocenters. The molecule has 1 amide bonds. The Hall–Kier alpha value is -2.90. The van der Waals surface area contributed by atoms with Crippen molar-refractivity contribution in [3.8, 4) is 0 Å². The van der Waals surface area contributed by atoms with Gasteiger partial charge in [-0.15, -0.1) is 0 Å². The van der Waals surface area contributed by atoms with Crippen molar-refractivity contribution in [1.29, 1.82) is 0 Å². The molecular weight excluding hydrogens is 318 g/mol. The molecule has 2 saturated heterocycles. The Bertz CT molecular complexity index is 930. The summed E-state index contributed by atoms with van der Waals surface area (Å²) < 4.78 is 2.00. The lowest BCUT2D eigenvalue weighted by atomic mass is 10.3. The van der Waals surface area contributed by atoms with Gasteiger partial charge >= 0.3 is 0 Å². The fourth-order valence-electron chi connectivity index (χ4n) is 3.85. The topological polar surface area (TPSA) is 82.9 Å². The summed E-state index contributed by atoms with van der Waals surface area (Å²) in [6, 6.07) is 2.30. The maximum Gasteiger partial charge on any atom is 0.227 e. The van der Waals surface area contributed by atoms with E-state index in [9.17, 15) is 4.79 Å². The van der Waals surface area contributed by atoms with Crippen molar-refractivity contribution in [2.75, 3.05) is 29.4 Å². The minimum Gasteiger partial charge on any atom is -0.354 e. The molecule has 5 heterocycles. The van der Waals surface area contributed by atoms with E-state index in [0.717, 1.165) is 55.0 Å². The number of fused-ring (bicyclic) bond motifs is 1. The van der Waals surface area contributed by atoms with Crippen molar-refractivity contribution < 1.29 is 4.79 Å². The van der Waals surface area contributed by atoms with Crippen LogP contribution in [0.5, 0.6) is 0 Å². The minimum atomic E-state index is 0.198. The third kappa shape index (κ3) is 2.36. The zero-order valence-corrected chi connectivity index (χ0v) is 13.8. The molecule has 2 aliphatic heterocycles. The van der Waals surface area contributed by atoms with E-state index in [0.29, 0.717) is 6.42 Å².